The predicted octanol–water partition coefficient (Wildman–Crippen LogP) is 2.65. The van der Waals surface area contributed by atoms with E-state index in [4.69, 9.17) is 21.6 Å². The molecule has 9 N–H and O–H groups in total. The van der Waals surface area contributed by atoms with Crippen molar-refractivity contribution in [2.24, 2.45) is 11.5 Å². The number of nitrogens with two attached hydrogens (primary N) is 2. The molecule has 1 rings (SSSR count). The van der Waals surface area contributed by atoms with Crippen molar-refractivity contribution in [3.63, 3.8) is 0 Å². The zero-order valence-electron chi connectivity index (χ0n) is 21.3. The zero-order valence-corrected chi connectivity index (χ0v) is 23.7. The highest BCUT2D eigenvalue weighted by molar-refractivity contribution is 5.86. The Morgan fingerprint density at radius 3 is 2.03 bits per heavy atom. The highest BCUT2D eigenvalue weighted by Crippen LogP contribution is 2.05. The quantitative estimate of drug-likeness (QED) is 0.0518. The van der Waals surface area contributed by atoms with Crippen LogP contribution in [0.2, 0.25) is 0 Å². The van der Waals surface area contributed by atoms with Crippen LogP contribution >= 0.6 is 37.2 Å². The molecular weight excluding hydrogens is 525 g/mol. The molecule has 0 heterocycles. The molecule has 1 amide bonds. The molecule has 0 spiro atoms. The van der Waals surface area contributed by atoms with Crippen molar-refractivity contribution in [1.29, 1.82) is 5.41 Å². The summed E-state index contributed by atoms with van der Waals surface area (Å²) in [5.41, 5.74) is 11.8. The van der Waals surface area contributed by atoms with Gasteiger partial charge in [0.25, 0.3) is 5.91 Å². The molecule has 0 saturated carbocycles. The summed E-state index contributed by atoms with van der Waals surface area (Å²) in [6, 6.07) is 9.89. The molecule has 0 saturated heterocycles. The lowest BCUT2D eigenvalue weighted by molar-refractivity contribution is -0.136. The Bertz CT molecular complexity index is 631. The summed E-state index contributed by atoms with van der Waals surface area (Å²) in [6.45, 7) is 5.08. The van der Waals surface area contributed by atoms with E-state index in [2.05, 4.69) is 21.3 Å². The molecule has 1 unspecified atom stereocenters. The van der Waals surface area contributed by atoms with E-state index < -0.39 is 6.23 Å². The number of carbonyl (C=O) groups is 1. The summed E-state index contributed by atoms with van der Waals surface area (Å²) in [5.74, 6) is -0.0875. The molecule has 0 aromatic heterocycles. The summed E-state index contributed by atoms with van der Waals surface area (Å²) in [7, 11) is 0. The molecule has 0 bridgehead atoms. The van der Waals surface area contributed by atoms with Crippen molar-refractivity contribution in [2.45, 2.75) is 64.2 Å². The highest BCUT2D eigenvalue weighted by Gasteiger charge is 2.18. The van der Waals surface area contributed by atoms with Gasteiger partial charge in [0.2, 0.25) is 0 Å². The lowest BCUT2D eigenvalue weighted by Gasteiger charge is -2.19. The number of halogens is 3. The number of hydrogen-bond donors (Lipinski definition) is 7. The summed E-state index contributed by atoms with van der Waals surface area (Å²) in [5, 5.41) is 19.6. The van der Waals surface area contributed by atoms with E-state index in [9.17, 15) is 4.79 Å². The van der Waals surface area contributed by atoms with E-state index in [-0.39, 0.29) is 49.1 Å². The predicted molar refractivity (Wildman–Crippen MR) is 157 cm³/mol. The summed E-state index contributed by atoms with van der Waals surface area (Å²) >= 11 is 0. The van der Waals surface area contributed by atoms with Crippen LogP contribution in [0.3, 0.4) is 0 Å². The first kappa shape index (κ1) is 39.2. The monoisotopic (exact) mass is 571 g/mol. The third-order valence-electron chi connectivity index (χ3n) is 5.13. The van der Waals surface area contributed by atoms with Crippen molar-refractivity contribution in [3.8, 4) is 0 Å². The smallest absolute Gasteiger partial charge is 0.264 e. The fourth-order valence-corrected chi connectivity index (χ4v) is 3.25. The lowest BCUT2D eigenvalue weighted by Crippen LogP contribution is -2.46. The third kappa shape index (κ3) is 23.1. The molecule has 12 heteroatoms. The van der Waals surface area contributed by atoms with Gasteiger partial charge in [-0.2, -0.15) is 0 Å². The van der Waals surface area contributed by atoms with Gasteiger partial charge in [0, 0.05) is 13.1 Å². The number of benzene rings is 1. The molecule has 1 aromatic rings. The second-order valence-corrected chi connectivity index (χ2v) is 8.13. The molecular formula is C24H48Cl3N7O2. The van der Waals surface area contributed by atoms with Crippen LogP contribution in [-0.4, -0.2) is 57.4 Å². The molecule has 0 aliphatic rings. The first-order chi connectivity index (χ1) is 16.1. The van der Waals surface area contributed by atoms with Crippen molar-refractivity contribution in [2.75, 3.05) is 39.3 Å². The Hall–Kier alpha value is -1.33. The minimum Gasteiger partial charge on any atom is -0.370 e. The standard InChI is InChI=1S/C24H45N7O2.3ClH/c25-14-11-16-28-15-9-10-17-29-22(32)23(33-20-21-12-5-4-6-13-21)30-18-7-2-1-3-8-19-31-24(26)27;;;/h4-6,12-13,23,28,30H,1-3,7-11,14-20,25H2,(H,29,32)(H4,26,27,31);3*1H. The summed E-state index contributed by atoms with van der Waals surface area (Å²) in [6.07, 6.45) is 7.53. The van der Waals surface area contributed by atoms with Crippen LogP contribution in [-0.2, 0) is 16.1 Å². The Morgan fingerprint density at radius 1 is 0.806 bits per heavy atom. The molecule has 1 atom stereocenters. The van der Waals surface area contributed by atoms with Gasteiger partial charge in [-0.15, -0.1) is 37.2 Å². The number of nitrogens with one attached hydrogen (secondary N) is 5. The van der Waals surface area contributed by atoms with Crippen molar-refractivity contribution in [3.05, 3.63) is 35.9 Å². The van der Waals surface area contributed by atoms with E-state index in [0.717, 1.165) is 83.1 Å². The average molecular weight is 573 g/mol. The van der Waals surface area contributed by atoms with E-state index in [1.165, 1.54) is 0 Å². The van der Waals surface area contributed by atoms with E-state index in [0.29, 0.717) is 19.7 Å². The molecule has 1 aromatic carbocycles. The minimum absolute atomic E-state index is 0. The van der Waals surface area contributed by atoms with Crippen molar-refractivity contribution in [1.82, 2.24) is 21.3 Å². The van der Waals surface area contributed by atoms with Gasteiger partial charge in [-0.1, -0.05) is 49.6 Å². The molecule has 0 aliphatic carbocycles. The number of guanidine groups is 1. The summed E-state index contributed by atoms with van der Waals surface area (Å²) < 4.78 is 5.91. The normalized spacial score (nSPS) is 10.8. The highest BCUT2D eigenvalue weighted by atomic mass is 35.5. The second kappa shape index (κ2) is 28.2. The molecule has 0 fully saturated rings. The Morgan fingerprint density at radius 2 is 1.36 bits per heavy atom. The zero-order chi connectivity index (χ0) is 24.0. The lowest BCUT2D eigenvalue weighted by atomic mass is 10.1. The Balaban J connectivity index is -0.00000363. The third-order valence-corrected chi connectivity index (χ3v) is 5.13. The Labute approximate surface area is 235 Å². The van der Waals surface area contributed by atoms with Gasteiger partial charge in [-0.25, -0.2) is 0 Å². The molecule has 212 valence electrons. The summed E-state index contributed by atoms with van der Waals surface area (Å²) in [4.78, 5) is 12.7. The fraction of sp³-hybridized carbons (Fsp3) is 0.667. The maximum Gasteiger partial charge on any atom is 0.264 e. The largest absolute Gasteiger partial charge is 0.370 e. The van der Waals surface area contributed by atoms with E-state index >= 15 is 0 Å². The van der Waals surface area contributed by atoms with Gasteiger partial charge >= 0.3 is 0 Å². The van der Waals surface area contributed by atoms with Crippen molar-refractivity contribution < 1.29 is 9.53 Å². The Kier molecular flexibility index (Phi) is 30.7. The number of ether oxygens (including phenoxy) is 1. The van der Waals surface area contributed by atoms with Crippen LogP contribution in [0.1, 0.15) is 56.9 Å². The SMILES string of the molecule is Cl.Cl.Cl.N=C(N)NCCCCCCCNC(OCc1ccccc1)C(=O)NCCCCNCCCN. The number of carbonyl (C=O) groups excluding carboxylic acids is 1. The first-order valence-electron chi connectivity index (χ1n) is 12.3. The molecule has 0 aliphatic heterocycles. The van der Waals surface area contributed by atoms with Gasteiger partial charge in [-0.3, -0.25) is 15.5 Å². The maximum absolute atomic E-state index is 12.7. The van der Waals surface area contributed by atoms with Crippen LogP contribution < -0.4 is 32.7 Å². The van der Waals surface area contributed by atoms with E-state index in [1.54, 1.807) is 0 Å². The second-order valence-electron chi connectivity index (χ2n) is 8.13. The number of rotatable bonds is 21. The average Bonchev–Trinajstić information content (AvgIpc) is 2.81. The van der Waals surface area contributed by atoms with Crippen molar-refractivity contribution >= 4 is 49.1 Å². The number of amides is 1. The minimum atomic E-state index is -0.660. The number of unbranched alkanes of at least 4 members (excludes halogenated alkanes) is 5. The maximum atomic E-state index is 12.7. The van der Waals surface area contributed by atoms with E-state index in [1.807, 2.05) is 30.3 Å². The topological polar surface area (TPSA) is 150 Å². The van der Waals surface area contributed by atoms with Crippen LogP contribution in [0.5, 0.6) is 0 Å². The molecule has 36 heavy (non-hydrogen) atoms. The van der Waals surface area contributed by atoms with Crippen LogP contribution in [0.25, 0.3) is 0 Å². The van der Waals surface area contributed by atoms with Gasteiger partial charge in [0.1, 0.15) is 0 Å². The number of hydrogen-bond acceptors (Lipinski definition) is 6. The molecule has 0 radical (unpaired) electrons. The van der Waals surface area contributed by atoms with Gasteiger partial charge in [0.15, 0.2) is 12.2 Å². The van der Waals surface area contributed by atoms with Crippen LogP contribution in [0.4, 0.5) is 0 Å². The fourth-order valence-electron chi connectivity index (χ4n) is 3.25. The molecule has 9 nitrogen and oxygen atoms in total. The first-order valence-corrected chi connectivity index (χ1v) is 12.3. The van der Waals surface area contributed by atoms with Gasteiger partial charge < -0.3 is 32.2 Å². The van der Waals surface area contributed by atoms with Gasteiger partial charge in [0.05, 0.1) is 6.61 Å². The van der Waals surface area contributed by atoms with Gasteiger partial charge in [-0.05, 0) is 63.8 Å². The van der Waals surface area contributed by atoms with Crippen LogP contribution in [0, 0.1) is 5.41 Å². The van der Waals surface area contributed by atoms with Crippen LogP contribution in [0.15, 0.2) is 30.3 Å².